The Bertz CT molecular complexity index is 668. The van der Waals surface area contributed by atoms with Crippen LogP contribution in [0.5, 0.6) is 0 Å². The van der Waals surface area contributed by atoms with Gasteiger partial charge in [0.2, 0.25) is 10.0 Å². The number of unbranched alkanes of at least 4 members (excludes halogenated alkanes) is 1. The molecule has 0 aliphatic rings. The molecule has 1 aromatic carbocycles. The number of rotatable bonds is 6. The van der Waals surface area contributed by atoms with Crippen molar-refractivity contribution in [2.24, 2.45) is 0 Å². The van der Waals surface area contributed by atoms with Crippen LogP contribution in [0.3, 0.4) is 0 Å². The maximum atomic E-state index is 12.8. The molecule has 0 saturated heterocycles. The van der Waals surface area contributed by atoms with Gasteiger partial charge in [-0.3, -0.25) is 4.31 Å². The first-order chi connectivity index (χ1) is 11.2. The van der Waals surface area contributed by atoms with Gasteiger partial charge < -0.3 is 5.11 Å². The van der Waals surface area contributed by atoms with Gasteiger partial charge in [-0.05, 0) is 18.6 Å². The molecule has 1 rings (SSSR count). The normalized spacial score (nSPS) is 13.8. The molecule has 0 aliphatic carbocycles. The van der Waals surface area contributed by atoms with Crippen molar-refractivity contribution in [3.63, 3.8) is 0 Å². The first-order valence-corrected chi connectivity index (χ1v) is 8.72. The summed E-state index contributed by atoms with van der Waals surface area (Å²) in [6.07, 6.45) is -11.0. The third-order valence-corrected chi connectivity index (χ3v) is 5.49. The lowest BCUT2D eigenvalue weighted by atomic mass is 9.92. The van der Waals surface area contributed by atoms with Crippen molar-refractivity contribution in [1.29, 1.82) is 0 Å². The van der Waals surface area contributed by atoms with E-state index >= 15 is 0 Å². The Morgan fingerprint density at radius 1 is 1.00 bits per heavy atom. The SMILES string of the molecule is CCCCS(=O)(=O)N(C)c1ccc(C(O)(C(F)(F)F)C(F)(F)F)cc1. The van der Waals surface area contributed by atoms with Gasteiger partial charge in [-0.2, -0.15) is 26.3 Å². The van der Waals surface area contributed by atoms with Crippen LogP contribution in [0, 0.1) is 0 Å². The summed E-state index contributed by atoms with van der Waals surface area (Å²) >= 11 is 0. The van der Waals surface area contributed by atoms with Gasteiger partial charge in [0.1, 0.15) is 0 Å². The minimum Gasteiger partial charge on any atom is -0.369 e. The molecule has 0 bridgehead atoms. The zero-order chi connectivity index (χ0) is 19.7. The first kappa shape index (κ1) is 21.6. The van der Waals surface area contributed by atoms with Crippen LogP contribution in [0.1, 0.15) is 25.3 Å². The monoisotopic (exact) mass is 393 g/mol. The molecular weight excluding hydrogens is 376 g/mol. The van der Waals surface area contributed by atoms with E-state index < -0.39 is 33.5 Å². The summed E-state index contributed by atoms with van der Waals surface area (Å²) in [5.41, 5.74) is -6.61. The molecule has 1 aromatic rings. The van der Waals surface area contributed by atoms with Crippen molar-refractivity contribution in [3.8, 4) is 0 Å². The number of sulfonamides is 1. The molecule has 0 amide bonds. The van der Waals surface area contributed by atoms with Crippen molar-refractivity contribution in [3.05, 3.63) is 29.8 Å². The quantitative estimate of drug-likeness (QED) is 0.752. The molecular formula is C14H17F6NO3S. The number of benzene rings is 1. The lowest BCUT2D eigenvalue weighted by molar-refractivity contribution is -0.376. The average molecular weight is 393 g/mol. The highest BCUT2D eigenvalue weighted by Gasteiger charge is 2.71. The third-order valence-electron chi connectivity index (χ3n) is 3.64. The highest BCUT2D eigenvalue weighted by Crippen LogP contribution is 2.50. The second kappa shape index (κ2) is 7.02. The van der Waals surface area contributed by atoms with Crippen molar-refractivity contribution in [1.82, 2.24) is 0 Å². The maximum absolute atomic E-state index is 12.8. The molecule has 0 atom stereocenters. The highest BCUT2D eigenvalue weighted by atomic mass is 32.2. The molecule has 0 aromatic heterocycles. The number of aliphatic hydroxyl groups is 1. The molecule has 0 heterocycles. The largest absolute Gasteiger partial charge is 0.430 e. The third kappa shape index (κ3) is 4.20. The van der Waals surface area contributed by atoms with Crippen molar-refractivity contribution < 1.29 is 39.9 Å². The molecule has 25 heavy (non-hydrogen) atoms. The Morgan fingerprint density at radius 3 is 1.80 bits per heavy atom. The summed E-state index contributed by atoms with van der Waals surface area (Å²) in [4.78, 5) is 0. The maximum Gasteiger partial charge on any atom is 0.430 e. The first-order valence-electron chi connectivity index (χ1n) is 7.11. The second-order valence-electron chi connectivity index (χ2n) is 5.39. The van der Waals surface area contributed by atoms with E-state index in [1.807, 2.05) is 0 Å². The van der Waals surface area contributed by atoms with Crippen molar-refractivity contribution >= 4 is 15.7 Å². The highest BCUT2D eigenvalue weighted by molar-refractivity contribution is 7.92. The Hall–Kier alpha value is -1.49. The molecule has 0 fully saturated rings. The Labute approximate surface area is 141 Å². The predicted molar refractivity (Wildman–Crippen MR) is 79.5 cm³/mol. The molecule has 144 valence electrons. The summed E-state index contributed by atoms with van der Waals surface area (Å²) in [6, 6.07) is 2.37. The molecule has 1 N–H and O–H groups in total. The van der Waals surface area contributed by atoms with Gasteiger partial charge in [-0.15, -0.1) is 0 Å². The van der Waals surface area contributed by atoms with Crippen LogP contribution in [-0.4, -0.2) is 38.7 Å². The van der Waals surface area contributed by atoms with E-state index in [9.17, 15) is 39.9 Å². The fourth-order valence-corrected chi connectivity index (χ4v) is 3.40. The molecule has 0 saturated carbocycles. The molecule has 0 unspecified atom stereocenters. The molecule has 0 radical (unpaired) electrons. The number of hydrogen-bond donors (Lipinski definition) is 1. The van der Waals surface area contributed by atoms with Crippen LogP contribution in [-0.2, 0) is 15.6 Å². The topological polar surface area (TPSA) is 57.6 Å². The van der Waals surface area contributed by atoms with E-state index in [1.165, 1.54) is 0 Å². The second-order valence-corrected chi connectivity index (χ2v) is 7.51. The van der Waals surface area contributed by atoms with Crippen LogP contribution in [0.2, 0.25) is 0 Å². The minimum absolute atomic E-state index is 0.119. The van der Waals surface area contributed by atoms with Gasteiger partial charge in [0, 0.05) is 12.6 Å². The number of halogens is 6. The van der Waals surface area contributed by atoms with E-state index in [2.05, 4.69) is 0 Å². The Balaban J connectivity index is 3.26. The fraction of sp³-hybridized carbons (Fsp3) is 0.571. The van der Waals surface area contributed by atoms with Gasteiger partial charge in [-0.1, -0.05) is 25.5 Å². The summed E-state index contributed by atoms with van der Waals surface area (Å²) in [5.74, 6) is -0.212. The number of nitrogens with zero attached hydrogens (tertiary/aromatic N) is 1. The number of anilines is 1. The van der Waals surface area contributed by atoms with Crippen LogP contribution in [0.25, 0.3) is 0 Å². The summed E-state index contributed by atoms with van der Waals surface area (Å²) in [7, 11) is -2.62. The van der Waals surface area contributed by atoms with Crippen LogP contribution in [0.4, 0.5) is 32.0 Å². The van der Waals surface area contributed by atoms with E-state index in [0.29, 0.717) is 25.0 Å². The summed E-state index contributed by atoms with van der Waals surface area (Å²) in [6.45, 7) is 1.76. The average Bonchev–Trinajstić information content (AvgIpc) is 2.49. The summed E-state index contributed by atoms with van der Waals surface area (Å²) < 4.78 is 102. The van der Waals surface area contributed by atoms with Crippen molar-refractivity contribution in [2.45, 2.75) is 37.7 Å². The number of hydrogen-bond acceptors (Lipinski definition) is 3. The van der Waals surface area contributed by atoms with E-state index in [0.717, 1.165) is 23.5 Å². The number of alkyl halides is 6. The molecule has 4 nitrogen and oxygen atoms in total. The van der Waals surface area contributed by atoms with E-state index in [-0.39, 0.29) is 11.4 Å². The minimum atomic E-state index is -5.99. The molecule has 0 aliphatic heterocycles. The van der Waals surface area contributed by atoms with Gasteiger partial charge in [0.25, 0.3) is 5.60 Å². The van der Waals surface area contributed by atoms with Gasteiger partial charge >= 0.3 is 12.4 Å². The van der Waals surface area contributed by atoms with Gasteiger partial charge in [0.05, 0.1) is 11.4 Å². The van der Waals surface area contributed by atoms with E-state index in [1.54, 1.807) is 6.92 Å². The Morgan fingerprint density at radius 2 is 1.44 bits per heavy atom. The molecule has 0 spiro atoms. The van der Waals surface area contributed by atoms with Crippen molar-refractivity contribution in [2.75, 3.05) is 17.1 Å². The van der Waals surface area contributed by atoms with Crippen LogP contribution in [0.15, 0.2) is 24.3 Å². The smallest absolute Gasteiger partial charge is 0.369 e. The zero-order valence-electron chi connectivity index (χ0n) is 13.3. The van der Waals surface area contributed by atoms with Crippen LogP contribution < -0.4 is 4.31 Å². The lowest BCUT2D eigenvalue weighted by Gasteiger charge is -2.33. The van der Waals surface area contributed by atoms with Crippen LogP contribution >= 0.6 is 0 Å². The lowest BCUT2D eigenvalue weighted by Crippen LogP contribution is -2.53. The zero-order valence-corrected chi connectivity index (χ0v) is 14.1. The van der Waals surface area contributed by atoms with Gasteiger partial charge in [0.15, 0.2) is 0 Å². The Kier molecular flexibility index (Phi) is 6.05. The summed E-state index contributed by atoms with van der Waals surface area (Å²) in [5, 5.41) is 9.28. The fourth-order valence-electron chi connectivity index (χ4n) is 2.02. The van der Waals surface area contributed by atoms with E-state index in [4.69, 9.17) is 0 Å². The van der Waals surface area contributed by atoms with Gasteiger partial charge in [-0.25, -0.2) is 8.42 Å². The predicted octanol–water partition coefficient (Wildman–Crippen LogP) is 3.56. The standard InChI is InChI=1S/C14H17F6NO3S/c1-3-4-9-25(23,24)21(2)11-7-5-10(6-8-11)12(22,13(15,16)17)14(18,19)20/h5-8,22H,3-4,9H2,1-2H3. The molecule has 11 heteroatoms.